The van der Waals surface area contributed by atoms with Crippen LogP contribution in [0.25, 0.3) is 0 Å². The molecule has 2 heterocycles. The molecule has 0 bridgehead atoms. The lowest BCUT2D eigenvalue weighted by Crippen LogP contribution is -2.13. The van der Waals surface area contributed by atoms with Crippen LogP contribution in [-0.4, -0.2) is 22.6 Å². The minimum atomic E-state index is -0.362. The van der Waals surface area contributed by atoms with E-state index in [1.165, 1.54) is 0 Å². The van der Waals surface area contributed by atoms with Gasteiger partial charge in [0.15, 0.2) is 0 Å². The van der Waals surface area contributed by atoms with Gasteiger partial charge >= 0.3 is 6.01 Å². The number of anilines is 1. The van der Waals surface area contributed by atoms with E-state index in [2.05, 4.69) is 36.8 Å². The molecule has 1 saturated heterocycles. The molecule has 1 unspecified atom stereocenters. The molecule has 1 fully saturated rings. The van der Waals surface area contributed by atoms with E-state index in [1.54, 1.807) is 18.2 Å². The van der Waals surface area contributed by atoms with Crippen molar-refractivity contribution in [3.05, 3.63) is 39.1 Å². The molecular formula is C13H12BrClN4O2. The van der Waals surface area contributed by atoms with Crippen LogP contribution in [0.15, 0.2) is 27.1 Å². The Morgan fingerprint density at radius 2 is 2.33 bits per heavy atom. The van der Waals surface area contributed by atoms with Gasteiger partial charge in [0.2, 0.25) is 5.89 Å². The topological polar surface area (TPSA) is 80.0 Å². The van der Waals surface area contributed by atoms with Gasteiger partial charge in [-0.25, -0.2) is 0 Å². The number of nitrogens with one attached hydrogen (secondary N) is 2. The molecule has 2 N–H and O–H groups in total. The monoisotopic (exact) mass is 370 g/mol. The molecule has 2 aromatic rings. The normalized spacial score (nSPS) is 17.9. The Labute approximate surface area is 134 Å². The summed E-state index contributed by atoms with van der Waals surface area (Å²) in [5.74, 6) is 0.131. The average Bonchev–Trinajstić information content (AvgIpc) is 3.11. The first kappa shape index (κ1) is 14.5. The number of hydrogen-bond acceptors (Lipinski definition) is 5. The van der Waals surface area contributed by atoms with E-state index in [9.17, 15) is 4.79 Å². The molecule has 110 valence electrons. The lowest BCUT2D eigenvalue weighted by molar-refractivity contribution is 0.102. The summed E-state index contributed by atoms with van der Waals surface area (Å²) in [5, 5.41) is 14.1. The first-order valence-electron chi connectivity index (χ1n) is 6.46. The highest BCUT2D eigenvalue weighted by atomic mass is 79.9. The highest BCUT2D eigenvalue weighted by molar-refractivity contribution is 9.10. The number of nitrogens with zero attached hydrogens (tertiary/aromatic N) is 2. The van der Waals surface area contributed by atoms with Crippen LogP contribution >= 0.6 is 27.5 Å². The van der Waals surface area contributed by atoms with Gasteiger partial charge in [0.05, 0.1) is 11.6 Å². The third kappa shape index (κ3) is 3.25. The Balaban J connectivity index is 1.74. The van der Waals surface area contributed by atoms with Crippen LogP contribution in [0.3, 0.4) is 0 Å². The maximum absolute atomic E-state index is 12.2. The summed E-state index contributed by atoms with van der Waals surface area (Å²) in [6.07, 6.45) is 2.03. The van der Waals surface area contributed by atoms with Gasteiger partial charge in [0.1, 0.15) is 0 Å². The summed E-state index contributed by atoms with van der Waals surface area (Å²) >= 11 is 9.20. The fourth-order valence-electron chi connectivity index (χ4n) is 2.16. The van der Waals surface area contributed by atoms with Gasteiger partial charge in [-0.2, -0.15) is 0 Å². The Hall–Kier alpha value is -1.44. The van der Waals surface area contributed by atoms with Crippen LogP contribution in [0, 0.1) is 0 Å². The molecule has 1 amide bonds. The molecule has 1 aromatic carbocycles. The van der Waals surface area contributed by atoms with Crippen molar-refractivity contribution in [3.8, 4) is 0 Å². The number of amides is 1. The number of rotatable bonds is 3. The summed E-state index contributed by atoms with van der Waals surface area (Å²) in [7, 11) is 0. The number of aromatic nitrogens is 2. The molecule has 0 aliphatic carbocycles. The largest absolute Gasteiger partial charge is 0.406 e. The van der Waals surface area contributed by atoms with Crippen molar-refractivity contribution in [3.63, 3.8) is 0 Å². The highest BCUT2D eigenvalue weighted by Crippen LogP contribution is 2.24. The third-order valence-corrected chi connectivity index (χ3v) is 4.12. The zero-order valence-electron chi connectivity index (χ0n) is 10.9. The van der Waals surface area contributed by atoms with Crippen LogP contribution in [0.1, 0.15) is 35.1 Å². The molecule has 3 rings (SSSR count). The summed E-state index contributed by atoms with van der Waals surface area (Å²) in [6, 6.07) is 5.12. The average molecular weight is 372 g/mol. The van der Waals surface area contributed by atoms with E-state index in [4.69, 9.17) is 16.0 Å². The molecule has 1 aliphatic rings. The number of carbonyl (C=O) groups excluding carboxylic acids is 1. The molecular weight excluding hydrogens is 360 g/mol. The SMILES string of the molecule is O=C(Nc1nnc(C2CCCN2)o1)c1cc(Cl)ccc1Br. The molecule has 1 atom stereocenters. The Morgan fingerprint density at radius 1 is 1.48 bits per heavy atom. The fourth-order valence-corrected chi connectivity index (χ4v) is 2.76. The number of hydrogen-bond donors (Lipinski definition) is 2. The second-order valence-corrected chi connectivity index (χ2v) is 5.96. The second-order valence-electron chi connectivity index (χ2n) is 4.67. The van der Waals surface area contributed by atoms with Gasteiger partial charge in [-0.3, -0.25) is 10.1 Å². The van der Waals surface area contributed by atoms with Crippen molar-refractivity contribution in [1.29, 1.82) is 0 Å². The molecule has 6 nitrogen and oxygen atoms in total. The van der Waals surface area contributed by atoms with Gasteiger partial charge in [-0.05, 0) is 53.5 Å². The zero-order valence-corrected chi connectivity index (χ0v) is 13.2. The van der Waals surface area contributed by atoms with E-state index in [0.29, 0.717) is 20.9 Å². The Morgan fingerprint density at radius 3 is 3.10 bits per heavy atom. The summed E-state index contributed by atoms with van der Waals surface area (Å²) in [6.45, 7) is 0.935. The van der Waals surface area contributed by atoms with Crippen LogP contribution in [0.5, 0.6) is 0 Å². The Kier molecular flexibility index (Phi) is 4.23. The van der Waals surface area contributed by atoms with Crippen molar-refractivity contribution in [1.82, 2.24) is 15.5 Å². The van der Waals surface area contributed by atoms with Gasteiger partial charge in [-0.1, -0.05) is 16.7 Å². The van der Waals surface area contributed by atoms with E-state index in [-0.39, 0.29) is 18.0 Å². The fraction of sp³-hybridized carbons (Fsp3) is 0.308. The second kappa shape index (κ2) is 6.13. The molecule has 0 saturated carbocycles. The predicted octanol–water partition coefficient (Wildman–Crippen LogP) is 3.16. The quantitative estimate of drug-likeness (QED) is 0.866. The van der Waals surface area contributed by atoms with Gasteiger partial charge in [0.25, 0.3) is 5.91 Å². The van der Waals surface area contributed by atoms with Gasteiger partial charge < -0.3 is 9.73 Å². The van der Waals surface area contributed by atoms with Gasteiger partial charge in [0, 0.05) is 9.50 Å². The maximum Gasteiger partial charge on any atom is 0.322 e. The minimum absolute atomic E-state index is 0.0704. The molecule has 1 aliphatic heterocycles. The summed E-state index contributed by atoms with van der Waals surface area (Å²) in [5.41, 5.74) is 0.404. The molecule has 1 aromatic heterocycles. The van der Waals surface area contributed by atoms with Gasteiger partial charge in [-0.15, -0.1) is 5.10 Å². The van der Waals surface area contributed by atoms with Crippen molar-refractivity contribution < 1.29 is 9.21 Å². The maximum atomic E-state index is 12.2. The van der Waals surface area contributed by atoms with E-state index in [1.807, 2.05) is 0 Å². The number of carbonyl (C=O) groups is 1. The first-order chi connectivity index (χ1) is 10.1. The molecule has 0 spiro atoms. The van der Waals surface area contributed by atoms with Crippen LogP contribution in [-0.2, 0) is 0 Å². The third-order valence-electron chi connectivity index (χ3n) is 3.19. The molecule has 21 heavy (non-hydrogen) atoms. The van der Waals surface area contributed by atoms with E-state index in [0.717, 1.165) is 19.4 Å². The highest BCUT2D eigenvalue weighted by Gasteiger charge is 2.23. The standard InChI is InChI=1S/C13H12BrClN4O2/c14-9-4-3-7(15)6-8(9)11(20)17-13-19-18-12(21-13)10-2-1-5-16-10/h3-4,6,10,16H,1-2,5H2,(H,17,19,20). The van der Waals surface area contributed by atoms with Crippen LogP contribution in [0.4, 0.5) is 6.01 Å². The van der Waals surface area contributed by atoms with Crippen molar-refractivity contribution in [2.24, 2.45) is 0 Å². The number of halogens is 2. The van der Waals surface area contributed by atoms with Crippen molar-refractivity contribution in [2.45, 2.75) is 18.9 Å². The lowest BCUT2D eigenvalue weighted by atomic mass is 10.2. The minimum Gasteiger partial charge on any atom is -0.406 e. The zero-order chi connectivity index (χ0) is 14.8. The summed E-state index contributed by atoms with van der Waals surface area (Å²) in [4.78, 5) is 12.2. The summed E-state index contributed by atoms with van der Waals surface area (Å²) < 4.78 is 6.11. The molecule has 8 heteroatoms. The van der Waals surface area contributed by atoms with Crippen molar-refractivity contribution in [2.75, 3.05) is 11.9 Å². The van der Waals surface area contributed by atoms with Crippen molar-refractivity contribution >= 4 is 39.5 Å². The van der Waals surface area contributed by atoms with Crippen LogP contribution < -0.4 is 10.6 Å². The van der Waals surface area contributed by atoms with Crippen LogP contribution in [0.2, 0.25) is 5.02 Å². The number of benzene rings is 1. The smallest absolute Gasteiger partial charge is 0.322 e. The van der Waals surface area contributed by atoms with E-state index < -0.39 is 0 Å². The first-order valence-corrected chi connectivity index (χ1v) is 7.64. The van der Waals surface area contributed by atoms with E-state index >= 15 is 0 Å². The Bertz CT molecular complexity index is 670. The predicted molar refractivity (Wildman–Crippen MR) is 81.4 cm³/mol. The molecule has 0 radical (unpaired) electrons. The lowest BCUT2D eigenvalue weighted by Gasteiger charge is -2.04.